The maximum Gasteiger partial charge on any atom is 0.509 e. The van der Waals surface area contributed by atoms with Gasteiger partial charge in [-0.3, -0.25) is 0 Å². The first-order valence-corrected chi connectivity index (χ1v) is 9.71. The molecule has 1 aliphatic heterocycles. The van der Waals surface area contributed by atoms with Crippen molar-refractivity contribution >= 4 is 27.7 Å². The largest absolute Gasteiger partial charge is 0.509 e. The van der Waals surface area contributed by atoms with Crippen LogP contribution in [0.15, 0.2) is 72.8 Å². The van der Waals surface area contributed by atoms with E-state index >= 15 is 0 Å². The summed E-state index contributed by atoms with van der Waals surface area (Å²) in [5, 5.41) is 4.91. The molecule has 3 aliphatic carbocycles. The first kappa shape index (κ1) is 14.7. The van der Waals surface area contributed by atoms with Crippen LogP contribution >= 0.6 is 0 Å². The summed E-state index contributed by atoms with van der Waals surface area (Å²) in [5.74, 6) is 0.0165. The predicted molar refractivity (Wildman–Crippen MR) is 107 cm³/mol. The summed E-state index contributed by atoms with van der Waals surface area (Å²) in [5.41, 5.74) is 5.11. The lowest BCUT2D eigenvalue weighted by Gasteiger charge is -2.45. The summed E-state index contributed by atoms with van der Waals surface area (Å²) in [6.07, 6.45) is -1.05. The molecule has 8 rings (SSSR count). The highest BCUT2D eigenvalue weighted by atomic mass is 16.8. The van der Waals surface area contributed by atoms with Crippen LogP contribution in [0.1, 0.15) is 34.1 Å². The Kier molecular flexibility index (Phi) is 2.59. The zero-order valence-corrected chi connectivity index (χ0v) is 15.0. The first-order chi connectivity index (χ1) is 13.8. The molecule has 4 aromatic rings. The second-order valence-corrected chi connectivity index (χ2v) is 7.99. The van der Waals surface area contributed by atoms with Gasteiger partial charge >= 0.3 is 6.16 Å². The Morgan fingerprint density at radius 2 is 1.21 bits per heavy atom. The third kappa shape index (κ3) is 1.68. The minimum absolute atomic E-state index is 0.00200. The lowest BCUT2D eigenvalue weighted by Crippen LogP contribution is -2.45. The Morgan fingerprint density at radius 1 is 0.607 bits per heavy atom. The summed E-state index contributed by atoms with van der Waals surface area (Å²) < 4.78 is 11.4. The highest BCUT2D eigenvalue weighted by molar-refractivity contribution is 5.92. The molecule has 0 spiro atoms. The van der Waals surface area contributed by atoms with Crippen LogP contribution in [0, 0.1) is 0 Å². The molecule has 1 fully saturated rings. The molecular formula is C25H16O3. The highest BCUT2D eigenvalue weighted by Gasteiger charge is 2.57. The van der Waals surface area contributed by atoms with Crippen molar-refractivity contribution in [2.24, 2.45) is 0 Å². The molecule has 0 saturated carbocycles. The van der Waals surface area contributed by atoms with Crippen LogP contribution in [0.2, 0.25) is 0 Å². The molecule has 134 valence electrons. The molecule has 0 radical (unpaired) electrons. The lowest BCUT2D eigenvalue weighted by molar-refractivity contribution is 0.104. The van der Waals surface area contributed by atoms with E-state index < -0.39 is 6.16 Å². The average Bonchev–Trinajstić information content (AvgIpc) is 3.13. The number of hydrogen-bond acceptors (Lipinski definition) is 3. The first-order valence-electron chi connectivity index (χ1n) is 9.71. The Hall–Kier alpha value is -3.33. The van der Waals surface area contributed by atoms with E-state index in [1.54, 1.807) is 0 Å². The molecule has 0 N–H and O–H groups in total. The van der Waals surface area contributed by atoms with E-state index in [0.717, 1.165) is 0 Å². The molecule has 4 unspecified atom stereocenters. The van der Waals surface area contributed by atoms with Crippen molar-refractivity contribution in [2.45, 2.75) is 24.0 Å². The van der Waals surface area contributed by atoms with E-state index in [-0.39, 0.29) is 24.0 Å². The summed E-state index contributed by atoms with van der Waals surface area (Å²) in [6, 6.07) is 25.9. The second-order valence-electron chi connectivity index (χ2n) is 7.99. The quantitative estimate of drug-likeness (QED) is 0.387. The molecule has 3 heteroatoms. The Balaban J connectivity index is 1.61. The molecule has 0 amide bonds. The third-order valence-corrected chi connectivity index (χ3v) is 6.72. The van der Waals surface area contributed by atoms with Gasteiger partial charge in [0.1, 0.15) is 0 Å². The molecular weight excluding hydrogens is 348 g/mol. The van der Waals surface area contributed by atoms with Crippen LogP contribution in [0.3, 0.4) is 0 Å². The molecule has 3 nitrogen and oxygen atoms in total. The SMILES string of the molecule is O=C1OC2C3c4cc5ccccc5cc4C(c4c3ccc3ccccc43)C2O1. The molecule has 1 heterocycles. The van der Waals surface area contributed by atoms with E-state index in [1.807, 2.05) is 0 Å². The smallest absolute Gasteiger partial charge is 0.426 e. The Morgan fingerprint density at radius 3 is 1.96 bits per heavy atom. The fraction of sp³-hybridized carbons (Fsp3) is 0.160. The predicted octanol–water partition coefficient (Wildman–Crippen LogP) is 5.49. The summed E-state index contributed by atoms with van der Waals surface area (Å²) in [7, 11) is 0. The van der Waals surface area contributed by atoms with Gasteiger partial charge in [0, 0.05) is 0 Å². The van der Waals surface area contributed by atoms with Crippen molar-refractivity contribution in [2.75, 3.05) is 0 Å². The zero-order chi connectivity index (χ0) is 18.4. The third-order valence-electron chi connectivity index (χ3n) is 6.72. The summed E-state index contributed by atoms with van der Waals surface area (Å²) >= 11 is 0. The van der Waals surface area contributed by atoms with E-state index in [4.69, 9.17) is 9.47 Å². The van der Waals surface area contributed by atoms with Gasteiger partial charge in [-0.2, -0.15) is 0 Å². The minimum atomic E-state index is -0.542. The average molecular weight is 364 g/mol. The topological polar surface area (TPSA) is 35.5 Å². The van der Waals surface area contributed by atoms with Gasteiger partial charge < -0.3 is 9.47 Å². The van der Waals surface area contributed by atoms with Gasteiger partial charge in [0.05, 0.1) is 11.8 Å². The molecule has 1 saturated heterocycles. The summed E-state index contributed by atoms with van der Waals surface area (Å²) in [4.78, 5) is 12.1. The highest BCUT2D eigenvalue weighted by Crippen LogP contribution is 2.58. The van der Waals surface area contributed by atoms with Gasteiger partial charge in [-0.15, -0.1) is 0 Å². The standard InChI is InChI=1S/C25H16O3/c26-25-27-23-21-17-10-9-13-5-3-4-8-16(13)20(17)22(24(23)28-25)19-12-15-7-2-1-6-14(15)11-18(19)21/h1-12,21-24H. The number of fused-ring (bicyclic) bond motifs is 2. The maximum absolute atomic E-state index is 12.1. The van der Waals surface area contributed by atoms with Gasteiger partial charge in [-0.25, -0.2) is 4.79 Å². The molecule has 4 aromatic carbocycles. The molecule has 0 aromatic heterocycles. The number of hydrogen-bond donors (Lipinski definition) is 0. The second kappa shape index (κ2) is 4.93. The van der Waals surface area contributed by atoms with Crippen molar-refractivity contribution in [3.05, 3.63) is 95.1 Å². The number of carbonyl (C=O) groups is 1. The van der Waals surface area contributed by atoms with Crippen molar-refractivity contribution < 1.29 is 14.3 Å². The van der Waals surface area contributed by atoms with E-state index in [2.05, 4.69) is 72.8 Å². The molecule has 28 heavy (non-hydrogen) atoms. The van der Waals surface area contributed by atoms with Crippen molar-refractivity contribution in [3.63, 3.8) is 0 Å². The van der Waals surface area contributed by atoms with Crippen LogP contribution in [0.25, 0.3) is 21.5 Å². The normalized spacial score (nSPS) is 26.5. The van der Waals surface area contributed by atoms with E-state index in [1.165, 1.54) is 43.8 Å². The maximum atomic E-state index is 12.1. The Labute approximate surface area is 161 Å². The van der Waals surface area contributed by atoms with E-state index in [0.29, 0.717) is 0 Å². The number of ether oxygens (including phenoxy) is 2. The molecule has 2 bridgehead atoms. The molecule has 4 atom stereocenters. The van der Waals surface area contributed by atoms with Gasteiger partial charge in [-0.1, -0.05) is 72.8 Å². The lowest BCUT2D eigenvalue weighted by atomic mass is 9.60. The van der Waals surface area contributed by atoms with Crippen LogP contribution in [0.4, 0.5) is 4.79 Å². The fourth-order valence-electron chi connectivity index (χ4n) is 5.66. The number of carbonyl (C=O) groups excluding carboxylic acids is 1. The van der Waals surface area contributed by atoms with Crippen molar-refractivity contribution in [1.82, 2.24) is 0 Å². The van der Waals surface area contributed by atoms with Crippen molar-refractivity contribution in [3.8, 4) is 0 Å². The van der Waals surface area contributed by atoms with Gasteiger partial charge in [0.15, 0.2) is 12.2 Å². The van der Waals surface area contributed by atoms with Gasteiger partial charge in [0.2, 0.25) is 0 Å². The van der Waals surface area contributed by atoms with E-state index in [9.17, 15) is 4.79 Å². The van der Waals surface area contributed by atoms with Gasteiger partial charge in [-0.05, 0) is 43.8 Å². The number of rotatable bonds is 0. The monoisotopic (exact) mass is 364 g/mol. The summed E-state index contributed by atoms with van der Waals surface area (Å²) in [6.45, 7) is 0. The van der Waals surface area contributed by atoms with Crippen LogP contribution in [-0.4, -0.2) is 18.4 Å². The van der Waals surface area contributed by atoms with Crippen LogP contribution in [0.5, 0.6) is 0 Å². The van der Waals surface area contributed by atoms with Crippen molar-refractivity contribution in [1.29, 1.82) is 0 Å². The molecule has 4 aliphatic rings. The number of benzene rings is 4. The fourth-order valence-corrected chi connectivity index (χ4v) is 5.66. The van der Waals surface area contributed by atoms with Crippen LogP contribution < -0.4 is 0 Å². The Bertz CT molecular complexity index is 1310. The van der Waals surface area contributed by atoms with Crippen LogP contribution in [-0.2, 0) is 9.47 Å². The van der Waals surface area contributed by atoms with Gasteiger partial charge in [0.25, 0.3) is 0 Å². The minimum Gasteiger partial charge on any atom is -0.426 e. The zero-order valence-electron chi connectivity index (χ0n) is 15.0.